The summed E-state index contributed by atoms with van der Waals surface area (Å²) in [6.07, 6.45) is 3.09. The number of ketones is 1. The van der Waals surface area contributed by atoms with Gasteiger partial charge in [0.1, 0.15) is 17.4 Å². The summed E-state index contributed by atoms with van der Waals surface area (Å²) in [6.45, 7) is 1.90. The van der Waals surface area contributed by atoms with Crippen molar-refractivity contribution in [2.75, 3.05) is 0 Å². The Labute approximate surface area is 98.7 Å². The van der Waals surface area contributed by atoms with Crippen molar-refractivity contribution in [3.8, 4) is 0 Å². The molecule has 1 aromatic heterocycles. The van der Waals surface area contributed by atoms with Crippen LogP contribution < -0.4 is 0 Å². The lowest BCUT2D eigenvalue weighted by Gasteiger charge is -2.18. The molecule has 1 atom stereocenters. The number of furan rings is 1. The number of benzene rings is 1. The van der Waals surface area contributed by atoms with Gasteiger partial charge in [-0.15, -0.1) is 0 Å². The number of allylic oxidation sites excluding steroid dienone is 1. The van der Waals surface area contributed by atoms with E-state index in [4.69, 9.17) is 9.15 Å². The zero-order valence-electron chi connectivity index (χ0n) is 9.47. The lowest BCUT2D eigenvalue weighted by molar-refractivity contribution is -0.118. The number of para-hydroxylation sites is 1. The van der Waals surface area contributed by atoms with E-state index in [1.165, 1.54) is 12.3 Å². The van der Waals surface area contributed by atoms with E-state index >= 15 is 0 Å². The fraction of sp³-hybridized carbons (Fsp3) is 0.214. The van der Waals surface area contributed by atoms with Crippen LogP contribution in [0.15, 0.2) is 41.0 Å². The van der Waals surface area contributed by atoms with Gasteiger partial charge < -0.3 is 9.15 Å². The number of fused-ring (bicyclic) bond motifs is 1. The Balaban J connectivity index is 2.13. The fourth-order valence-corrected chi connectivity index (χ4v) is 2.27. The first-order valence-electron chi connectivity index (χ1n) is 5.58. The Kier molecular flexibility index (Phi) is 2.25. The third-order valence-corrected chi connectivity index (χ3v) is 3.02. The maximum Gasteiger partial charge on any atom is 0.162 e. The maximum absolute atomic E-state index is 11.4. The van der Waals surface area contributed by atoms with Crippen LogP contribution in [0.4, 0.5) is 0 Å². The SMILES string of the molecule is Cc1oc2ccccc2c1C1CC(=O)C=CO1. The lowest BCUT2D eigenvalue weighted by Crippen LogP contribution is -2.11. The molecule has 1 aliphatic rings. The van der Waals surface area contributed by atoms with Gasteiger partial charge in [-0.2, -0.15) is 0 Å². The van der Waals surface area contributed by atoms with Crippen molar-refractivity contribution < 1.29 is 13.9 Å². The van der Waals surface area contributed by atoms with Crippen LogP contribution in [0.2, 0.25) is 0 Å². The topological polar surface area (TPSA) is 39.4 Å². The second kappa shape index (κ2) is 3.77. The van der Waals surface area contributed by atoms with Gasteiger partial charge in [0.2, 0.25) is 0 Å². The molecule has 0 bridgehead atoms. The molecule has 1 aliphatic heterocycles. The van der Waals surface area contributed by atoms with Crippen molar-refractivity contribution in [2.24, 2.45) is 0 Å². The Hall–Kier alpha value is -2.03. The molecule has 0 spiro atoms. The van der Waals surface area contributed by atoms with Gasteiger partial charge in [0.05, 0.1) is 12.7 Å². The zero-order valence-corrected chi connectivity index (χ0v) is 9.47. The minimum absolute atomic E-state index is 0.0888. The first kappa shape index (κ1) is 10.1. The number of aryl methyl sites for hydroxylation is 1. The number of rotatable bonds is 1. The predicted molar refractivity (Wildman–Crippen MR) is 63.5 cm³/mol. The van der Waals surface area contributed by atoms with Crippen molar-refractivity contribution in [3.05, 3.63) is 47.9 Å². The third kappa shape index (κ3) is 1.64. The smallest absolute Gasteiger partial charge is 0.162 e. The standard InChI is InChI=1S/C14H12O3/c1-9-14(13-8-10(15)6-7-16-13)11-4-2-3-5-12(11)17-9/h2-7,13H,8H2,1H3. The highest BCUT2D eigenvalue weighted by molar-refractivity contribution is 5.91. The minimum Gasteiger partial charge on any atom is -0.493 e. The summed E-state index contributed by atoms with van der Waals surface area (Å²) in [4.78, 5) is 11.4. The lowest BCUT2D eigenvalue weighted by atomic mass is 10.00. The second-order valence-electron chi connectivity index (χ2n) is 4.17. The summed E-state index contributed by atoms with van der Waals surface area (Å²) in [5, 5.41) is 1.03. The molecule has 0 fully saturated rings. The molecule has 0 saturated heterocycles. The maximum atomic E-state index is 11.4. The van der Waals surface area contributed by atoms with Gasteiger partial charge >= 0.3 is 0 Å². The van der Waals surface area contributed by atoms with Gasteiger partial charge in [0, 0.05) is 17.0 Å². The van der Waals surface area contributed by atoms with Gasteiger partial charge in [0.25, 0.3) is 0 Å². The summed E-state index contributed by atoms with van der Waals surface area (Å²) in [5.41, 5.74) is 1.82. The molecule has 17 heavy (non-hydrogen) atoms. The van der Waals surface area contributed by atoms with Crippen LogP contribution in [0.5, 0.6) is 0 Å². The van der Waals surface area contributed by atoms with E-state index in [1.807, 2.05) is 31.2 Å². The van der Waals surface area contributed by atoms with Crippen LogP contribution in [-0.4, -0.2) is 5.78 Å². The van der Waals surface area contributed by atoms with Crippen LogP contribution in [0, 0.1) is 6.92 Å². The Morgan fingerprint density at radius 1 is 1.29 bits per heavy atom. The molecule has 3 heteroatoms. The van der Waals surface area contributed by atoms with E-state index in [1.54, 1.807) is 0 Å². The van der Waals surface area contributed by atoms with Crippen LogP contribution in [0.25, 0.3) is 11.0 Å². The van der Waals surface area contributed by atoms with Crippen molar-refractivity contribution in [1.29, 1.82) is 0 Å². The number of hydrogen-bond acceptors (Lipinski definition) is 3. The molecule has 2 aromatic rings. The molecular weight excluding hydrogens is 216 g/mol. The summed E-state index contributed by atoms with van der Waals surface area (Å²) in [5.74, 6) is 0.908. The van der Waals surface area contributed by atoms with E-state index in [9.17, 15) is 4.79 Å². The largest absolute Gasteiger partial charge is 0.493 e. The Morgan fingerprint density at radius 3 is 2.94 bits per heavy atom. The molecule has 86 valence electrons. The van der Waals surface area contributed by atoms with E-state index < -0.39 is 0 Å². The molecule has 3 nitrogen and oxygen atoms in total. The quantitative estimate of drug-likeness (QED) is 0.751. The molecule has 0 amide bonds. The summed E-state index contributed by atoms with van der Waals surface area (Å²) in [7, 11) is 0. The Bertz CT molecular complexity index is 607. The first-order chi connectivity index (χ1) is 8.25. The second-order valence-corrected chi connectivity index (χ2v) is 4.17. The van der Waals surface area contributed by atoms with Crippen molar-refractivity contribution in [3.63, 3.8) is 0 Å². The van der Waals surface area contributed by atoms with E-state index in [2.05, 4.69) is 0 Å². The fourth-order valence-electron chi connectivity index (χ4n) is 2.27. The molecule has 0 radical (unpaired) electrons. The molecule has 0 N–H and O–H groups in total. The Morgan fingerprint density at radius 2 is 2.12 bits per heavy atom. The number of ether oxygens (including phenoxy) is 1. The highest BCUT2D eigenvalue weighted by atomic mass is 16.5. The summed E-state index contributed by atoms with van der Waals surface area (Å²) >= 11 is 0. The van der Waals surface area contributed by atoms with E-state index in [-0.39, 0.29) is 11.9 Å². The molecule has 3 rings (SSSR count). The zero-order chi connectivity index (χ0) is 11.8. The van der Waals surface area contributed by atoms with Crippen LogP contribution >= 0.6 is 0 Å². The average molecular weight is 228 g/mol. The third-order valence-electron chi connectivity index (χ3n) is 3.02. The van der Waals surface area contributed by atoms with Crippen molar-refractivity contribution >= 4 is 16.8 Å². The molecule has 1 aromatic carbocycles. The van der Waals surface area contributed by atoms with Gasteiger partial charge in [-0.25, -0.2) is 0 Å². The first-order valence-corrected chi connectivity index (χ1v) is 5.58. The van der Waals surface area contributed by atoms with Crippen LogP contribution in [0.1, 0.15) is 23.8 Å². The normalized spacial score (nSPS) is 19.6. The van der Waals surface area contributed by atoms with Gasteiger partial charge in [-0.1, -0.05) is 18.2 Å². The summed E-state index contributed by atoms with van der Waals surface area (Å²) < 4.78 is 11.2. The van der Waals surface area contributed by atoms with Gasteiger partial charge in [-0.3, -0.25) is 4.79 Å². The number of hydrogen-bond donors (Lipinski definition) is 0. The molecule has 2 heterocycles. The van der Waals surface area contributed by atoms with Gasteiger partial charge in [0.15, 0.2) is 5.78 Å². The van der Waals surface area contributed by atoms with E-state index in [0.717, 1.165) is 22.3 Å². The number of carbonyl (C=O) groups excluding carboxylic acids is 1. The van der Waals surface area contributed by atoms with Crippen molar-refractivity contribution in [1.82, 2.24) is 0 Å². The average Bonchev–Trinajstić information content (AvgIpc) is 2.64. The minimum atomic E-state index is -0.226. The molecular formula is C14H12O3. The predicted octanol–water partition coefficient (Wildman–Crippen LogP) is 3.29. The highest BCUT2D eigenvalue weighted by Crippen LogP contribution is 2.35. The van der Waals surface area contributed by atoms with Crippen LogP contribution in [-0.2, 0) is 9.53 Å². The molecule has 1 unspecified atom stereocenters. The van der Waals surface area contributed by atoms with E-state index in [0.29, 0.717) is 6.42 Å². The number of carbonyl (C=O) groups is 1. The van der Waals surface area contributed by atoms with Crippen molar-refractivity contribution in [2.45, 2.75) is 19.4 Å². The van der Waals surface area contributed by atoms with Gasteiger partial charge in [-0.05, 0) is 13.0 Å². The molecule has 0 aliphatic carbocycles. The monoisotopic (exact) mass is 228 g/mol. The molecule has 0 saturated carbocycles. The summed E-state index contributed by atoms with van der Waals surface area (Å²) in [6, 6.07) is 7.81. The van der Waals surface area contributed by atoms with Crippen LogP contribution in [0.3, 0.4) is 0 Å². The highest BCUT2D eigenvalue weighted by Gasteiger charge is 2.25.